The first-order valence-electron chi connectivity index (χ1n) is 7.79. The van der Waals surface area contributed by atoms with Gasteiger partial charge in [0.1, 0.15) is 17.7 Å². The second kappa shape index (κ2) is 6.53. The van der Waals surface area contributed by atoms with Gasteiger partial charge in [-0.25, -0.2) is 5.48 Å². The van der Waals surface area contributed by atoms with E-state index in [9.17, 15) is 5.11 Å². The minimum Gasteiger partial charge on any atom is -0.507 e. The molecule has 1 aliphatic heterocycles. The lowest BCUT2D eigenvalue weighted by atomic mass is 10.1. The van der Waals surface area contributed by atoms with E-state index in [2.05, 4.69) is 26.0 Å². The molecule has 1 aliphatic rings. The Bertz CT molecular complexity index is 1060. The monoisotopic (exact) mass is 367 g/mol. The highest BCUT2D eigenvalue weighted by molar-refractivity contribution is 6.30. The van der Waals surface area contributed by atoms with E-state index in [4.69, 9.17) is 16.4 Å². The number of hydroxylamine groups is 1. The van der Waals surface area contributed by atoms with Gasteiger partial charge in [-0.05, 0) is 31.2 Å². The molecule has 0 atom stereocenters. The van der Waals surface area contributed by atoms with E-state index < -0.39 is 0 Å². The minimum atomic E-state index is 0.0423. The SMILES string of the molecule is CC1=C(Nc2nnc(-c3ccc(Cl)cc3O)c3ccncc23)C=CON1. The smallest absolute Gasteiger partial charge is 0.162 e. The normalized spacial score (nSPS) is 13.5. The Hall–Kier alpha value is -3.32. The average molecular weight is 368 g/mol. The third-order valence-corrected chi connectivity index (χ3v) is 4.20. The Morgan fingerprint density at radius 3 is 2.88 bits per heavy atom. The number of pyridine rings is 1. The van der Waals surface area contributed by atoms with E-state index in [1.165, 1.54) is 12.3 Å². The lowest BCUT2D eigenvalue weighted by Crippen LogP contribution is -2.17. The van der Waals surface area contributed by atoms with Gasteiger partial charge in [-0.1, -0.05) is 11.6 Å². The van der Waals surface area contributed by atoms with Crippen LogP contribution in [0.1, 0.15) is 6.92 Å². The van der Waals surface area contributed by atoms with Gasteiger partial charge in [-0.3, -0.25) is 4.98 Å². The van der Waals surface area contributed by atoms with E-state index in [0.717, 1.165) is 22.2 Å². The number of fused-ring (bicyclic) bond motifs is 1. The summed E-state index contributed by atoms with van der Waals surface area (Å²) in [4.78, 5) is 9.21. The predicted octanol–water partition coefficient (Wildman–Crippen LogP) is 3.74. The molecular weight excluding hydrogens is 354 g/mol. The van der Waals surface area contributed by atoms with Gasteiger partial charge in [-0.2, -0.15) is 0 Å². The summed E-state index contributed by atoms with van der Waals surface area (Å²) >= 11 is 5.93. The summed E-state index contributed by atoms with van der Waals surface area (Å²) in [6, 6.07) is 6.72. The highest BCUT2D eigenvalue weighted by atomic mass is 35.5. The second-order valence-electron chi connectivity index (χ2n) is 5.67. The molecule has 0 bridgehead atoms. The zero-order chi connectivity index (χ0) is 18.1. The van der Waals surface area contributed by atoms with Crippen molar-refractivity contribution in [3.05, 3.63) is 65.4 Å². The highest BCUT2D eigenvalue weighted by Gasteiger charge is 2.15. The number of hydrogen-bond donors (Lipinski definition) is 3. The van der Waals surface area contributed by atoms with Crippen LogP contribution in [0, 0.1) is 0 Å². The van der Waals surface area contributed by atoms with Gasteiger partial charge >= 0.3 is 0 Å². The van der Waals surface area contributed by atoms with Gasteiger partial charge in [0, 0.05) is 39.8 Å². The van der Waals surface area contributed by atoms with E-state index in [1.807, 2.05) is 13.0 Å². The summed E-state index contributed by atoms with van der Waals surface area (Å²) in [5, 5.41) is 24.1. The molecule has 130 valence electrons. The number of rotatable bonds is 3. The van der Waals surface area contributed by atoms with Crippen molar-refractivity contribution in [1.82, 2.24) is 20.7 Å². The summed E-state index contributed by atoms with van der Waals surface area (Å²) in [6.07, 6.45) is 6.69. The Morgan fingerprint density at radius 2 is 2.08 bits per heavy atom. The van der Waals surface area contributed by atoms with Crippen LogP contribution in [0.4, 0.5) is 5.82 Å². The maximum absolute atomic E-state index is 10.2. The molecule has 2 aromatic heterocycles. The van der Waals surface area contributed by atoms with Gasteiger partial charge < -0.3 is 15.3 Å². The molecule has 3 N–H and O–H groups in total. The third kappa shape index (κ3) is 2.89. The van der Waals surface area contributed by atoms with Crippen molar-refractivity contribution in [3.63, 3.8) is 0 Å². The van der Waals surface area contributed by atoms with Crippen molar-refractivity contribution < 1.29 is 9.94 Å². The maximum atomic E-state index is 10.2. The van der Waals surface area contributed by atoms with Crippen LogP contribution in [0.2, 0.25) is 5.02 Å². The summed E-state index contributed by atoms with van der Waals surface area (Å²) in [7, 11) is 0. The third-order valence-electron chi connectivity index (χ3n) is 3.97. The van der Waals surface area contributed by atoms with Crippen LogP contribution in [-0.2, 0) is 4.84 Å². The van der Waals surface area contributed by atoms with E-state index in [1.54, 1.807) is 30.6 Å². The number of halogens is 1. The standard InChI is InChI=1S/C18H14ClN5O2/c1-10-15(5-7-26-24-10)21-18-14-9-20-6-4-12(14)17(22-23-18)13-3-2-11(19)8-16(13)25/h2-9,24-25H,1H3,(H,21,23). The molecule has 0 amide bonds. The van der Waals surface area contributed by atoms with Crippen LogP contribution in [0.25, 0.3) is 22.0 Å². The summed E-state index contributed by atoms with van der Waals surface area (Å²) in [5.41, 5.74) is 5.48. The highest BCUT2D eigenvalue weighted by Crippen LogP contribution is 2.35. The molecule has 0 radical (unpaired) electrons. The summed E-state index contributed by atoms with van der Waals surface area (Å²) < 4.78 is 0. The quantitative estimate of drug-likeness (QED) is 0.649. The average Bonchev–Trinajstić information content (AvgIpc) is 2.64. The zero-order valence-corrected chi connectivity index (χ0v) is 14.4. The number of nitrogens with zero attached hydrogens (tertiary/aromatic N) is 3. The number of aromatic nitrogens is 3. The van der Waals surface area contributed by atoms with Crippen molar-refractivity contribution in [3.8, 4) is 17.0 Å². The van der Waals surface area contributed by atoms with Crippen molar-refractivity contribution in [2.24, 2.45) is 0 Å². The summed E-state index contributed by atoms with van der Waals surface area (Å²) in [6.45, 7) is 1.87. The van der Waals surface area contributed by atoms with E-state index in [-0.39, 0.29) is 5.75 Å². The Kier molecular flexibility index (Phi) is 4.06. The minimum absolute atomic E-state index is 0.0423. The Morgan fingerprint density at radius 1 is 1.19 bits per heavy atom. The fraction of sp³-hybridized carbons (Fsp3) is 0.0556. The van der Waals surface area contributed by atoms with Crippen molar-refractivity contribution in [1.29, 1.82) is 0 Å². The molecule has 3 aromatic rings. The molecule has 0 fully saturated rings. The molecule has 7 nitrogen and oxygen atoms in total. The van der Waals surface area contributed by atoms with Crippen LogP contribution in [0.15, 0.2) is 60.4 Å². The molecule has 4 rings (SSSR count). The fourth-order valence-corrected chi connectivity index (χ4v) is 2.83. The summed E-state index contributed by atoms with van der Waals surface area (Å²) in [5.74, 6) is 0.591. The zero-order valence-electron chi connectivity index (χ0n) is 13.7. The Balaban J connectivity index is 1.85. The number of phenols is 1. The largest absolute Gasteiger partial charge is 0.507 e. The molecule has 0 unspecified atom stereocenters. The van der Waals surface area contributed by atoms with Crippen LogP contribution in [-0.4, -0.2) is 20.3 Å². The van der Waals surface area contributed by atoms with Crippen LogP contribution in [0.5, 0.6) is 5.75 Å². The molecule has 0 saturated heterocycles. The number of nitrogens with one attached hydrogen (secondary N) is 2. The van der Waals surface area contributed by atoms with Crippen LogP contribution >= 0.6 is 11.6 Å². The fourth-order valence-electron chi connectivity index (χ4n) is 2.66. The predicted molar refractivity (Wildman–Crippen MR) is 99.1 cm³/mol. The van der Waals surface area contributed by atoms with Crippen molar-refractivity contribution in [2.75, 3.05) is 5.32 Å². The van der Waals surface area contributed by atoms with Crippen molar-refractivity contribution in [2.45, 2.75) is 6.92 Å². The first kappa shape index (κ1) is 16.2. The van der Waals surface area contributed by atoms with Crippen LogP contribution in [0.3, 0.4) is 0 Å². The van der Waals surface area contributed by atoms with Gasteiger partial charge in [-0.15, -0.1) is 10.2 Å². The first-order valence-corrected chi connectivity index (χ1v) is 8.16. The molecular formula is C18H14ClN5O2. The number of benzene rings is 1. The number of allylic oxidation sites excluding steroid dienone is 2. The Labute approximate surface area is 154 Å². The lowest BCUT2D eigenvalue weighted by molar-refractivity contribution is 0.158. The first-order chi connectivity index (χ1) is 12.6. The van der Waals surface area contributed by atoms with Gasteiger partial charge in [0.15, 0.2) is 5.82 Å². The van der Waals surface area contributed by atoms with E-state index in [0.29, 0.717) is 22.1 Å². The van der Waals surface area contributed by atoms with Gasteiger partial charge in [0.05, 0.1) is 11.4 Å². The molecule has 0 saturated carbocycles. The number of hydrogen-bond acceptors (Lipinski definition) is 7. The molecule has 26 heavy (non-hydrogen) atoms. The molecule has 0 aliphatic carbocycles. The number of anilines is 1. The van der Waals surface area contributed by atoms with Gasteiger partial charge in [0.25, 0.3) is 0 Å². The second-order valence-corrected chi connectivity index (χ2v) is 6.10. The molecule has 8 heteroatoms. The number of aromatic hydroxyl groups is 1. The number of phenolic OH excluding ortho intramolecular Hbond substituents is 1. The van der Waals surface area contributed by atoms with Gasteiger partial charge in [0.2, 0.25) is 0 Å². The molecule has 0 spiro atoms. The topological polar surface area (TPSA) is 92.2 Å². The van der Waals surface area contributed by atoms with E-state index >= 15 is 0 Å². The van der Waals surface area contributed by atoms with Crippen molar-refractivity contribution >= 4 is 28.2 Å². The lowest BCUT2D eigenvalue weighted by Gasteiger charge is -2.17. The molecule has 1 aromatic carbocycles. The molecule has 3 heterocycles. The maximum Gasteiger partial charge on any atom is 0.162 e. The van der Waals surface area contributed by atoms with Crippen LogP contribution < -0.4 is 10.8 Å².